The van der Waals surface area contributed by atoms with Crippen molar-refractivity contribution < 1.29 is 9.90 Å². The van der Waals surface area contributed by atoms with Crippen molar-refractivity contribution in [1.29, 1.82) is 5.26 Å². The summed E-state index contributed by atoms with van der Waals surface area (Å²) in [6, 6.07) is 4.68. The van der Waals surface area contributed by atoms with Gasteiger partial charge in [-0.15, -0.1) is 11.6 Å². The molecule has 0 amide bonds. The molecule has 0 aliphatic heterocycles. The number of aromatic hydroxyl groups is 1. The third-order valence-corrected chi connectivity index (χ3v) is 2.13. The average Bonchev–Trinajstić information content (AvgIpc) is 2.17. The number of benzene rings is 1. The number of hydrogen-bond donors (Lipinski definition) is 1. The Morgan fingerprint density at radius 3 is 2.79 bits per heavy atom. The number of carbonyl (C=O) groups is 1. The van der Waals surface area contributed by atoms with E-state index in [1.54, 1.807) is 6.92 Å². The molecule has 0 heterocycles. The Hall–Kier alpha value is -1.53. The molecule has 0 aliphatic rings. The Kier molecular flexibility index (Phi) is 3.10. The van der Waals surface area contributed by atoms with Gasteiger partial charge in [-0.2, -0.15) is 5.26 Å². The maximum Gasteiger partial charge on any atom is 0.181 e. The fourth-order valence-corrected chi connectivity index (χ4v) is 1.25. The van der Waals surface area contributed by atoms with E-state index in [0.29, 0.717) is 11.1 Å². The summed E-state index contributed by atoms with van der Waals surface area (Å²) in [5.41, 5.74) is 1.11. The number of phenolic OH excluding ortho intramolecular Hbond substituents is 1. The molecule has 0 spiro atoms. The molecule has 0 saturated heterocycles. The number of Topliss-reactive ketones (excluding diaryl/α,β-unsaturated/α-hetero) is 1. The quantitative estimate of drug-likeness (QED) is 0.599. The van der Waals surface area contributed by atoms with Crippen LogP contribution in [0.5, 0.6) is 5.75 Å². The fourth-order valence-electron chi connectivity index (χ4n) is 1.11. The second-order valence-corrected chi connectivity index (χ2v) is 3.12. The van der Waals surface area contributed by atoms with Crippen molar-refractivity contribution in [1.82, 2.24) is 0 Å². The van der Waals surface area contributed by atoms with Gasteiger partial charge in [-0.25, -0.2) is 0 Å². The van der Waals surface area contributed by atoms with Gasteiger partial charge in [0.05, 0.1) is 23.1 Å². The molecule has 0 fully saturated rings. The Balaban J connectivity index is 3.33. The van der Waals surface area contributed by atoms with E-state index < -0.39 is 0 Å². The number of nitriles is 1. The first kappa shape index (κ1) is 10.6. The van der Waals surface area contributed by atoms with Crippen molar-refractivity contribution in [3.05, 3.63) is 28.8 Å². The molecule has 0 unspecified atom stereocenters. The Labute approximate surface area is 86.5 Å². The summed E-state index contributed by atoms with van der Waals surface area (Å²) in [5.74, 6) is -0.727. The smallest absolute Gasteiger partial charge is 0.181 e. The van der Waals surface area contributed by atoms with Gasteiger partial charge in [0, 0.05) is 0 Å². The molecule has 1 rings (SSSR count). The van der Waals surface area contributed by atoms with E-state index in [-0.39, 0.29) is 23.0 Å². The van der Waals surface area contributed by atoms with Crippen molar-refractivity contribution in [3.8, 4) is 11.8 Å². The minimum absolute atomic E-state index is 0.0992. The average molecular weight is 210 g/mol. The van der Waals surface area contributed by atoms with Crippen LogP contribution in [0.2, 0.25) is 0 Å². The maximum absolute atomic E-state index is 11.2. The van der Waals surface area contributed by atoms with E-state index in [0.717, 1.165) is 0 Å². The van der Waals surface area contributed by atoms with Crippen LogP contribution in [0, 0.1) is 18.3 Å². The van der Waals surface area contributed by atoms with Crippen LogP contribution in [0.1, 0.15) is 21.5 Å². The highest BCUT2D eigenvalue weighted by molar-refractivity contribution is 6.30. The lowest BCUT2D eigenvalue weighted by Gasteiger charge is -2.04. The van der Waals surface area contributed by atoms with Gasteiger partial charge >= 0.3 is 0 Å². The number of halogens is 1. The van der Waals surface area contributed by atoms with Crippen molar-refractivity contribution >= 4 is 17.4 Å². The van der Waals surface area contributed by atoms with Crippen molar-refractivity contribution in [3.63, 3.8) is 0 Å². The summed E-state index contributed by atoms with van der Waals surface area (Å²) >= 11 is 5.35. The van der Waals surface area contributed by atoms with Gasteiger partial charge in [0.15, 0.2) is 5.78 Å². The molecule has 4 heteroatoms. The molecule has 0 saturated carbocycles. The van der Waals surface area contributed by atoms with Crippen LogP contribution in [-0.4, -0.2) is 16.8 Å². The zero-order valence-corrected chi connectivity index (χ0v) is 8.30. The van der Waals surface area contributed by atoms with Gasteiger partial charge < -0.3 is 5.11 Å². The normalized spacial score (nSPS) is 9.50. The van der Waals surface area contributed by atoms with Crippen LogP contribution in [0.3, 0.4) is 0 Å². The lowest BCUT2D eigenvalue weighted by molar-refractivity contribution is 0.101. The molecule has 14 heavy (non-hydrogen) atoms. The first-order valence-corrected chi connectivity index (χ1v) is 4.46. The highest BCUT2D eigenvalue weighted by atomic mass is 35.5. The van der Waals surface area contributed by atoms with Crippen molar-refractivity contribution in [2.24, 2.45) is 0 Å². The number of aryl methyl sites for hydroxylation is 1. The molecular weight excluding hydrogens is 202 g/mol. The molecule has 0 radical (unpaired) electrons. The van der Waals surface area contributed by atoms with Crippen molar-refractivity contribution in [2.45, 2.75) is 6.92 Å². The van der Waals surface area contributed by atoms with Gasteiger partial charge in [-0.1, -0.05) is 0 Å². The van der Waals surface area contributed by atoms with Gasteiger partial charge in [-0.3, -0.25) is 4.79 Å². The zero-order chi connectivity index (χ0) is 10.7. The van der Waals surface area contributed by atoms with Crippen LogP contribution in [-0.2, 0) is 0 Å². The summed E-state index contributed by atoms with van der Waals surface area (Å²) in [5, 5.41) is 18.1. The number of ketones is 1. The lowest BCUT2D eigenvalue weighted by atomic mass is 10.0. The molecule has 0 atom stereocenters. The first-order valence-electron chi connectivity index (χ1n) is 3.93. The van der Waals surface area contributed by atoms with Gasteiger partial charge in [0.25, 0.3) is 0 Å². The summed E-state index contributed by atoms with van der Waals surface area (Å²) in [4.78, 5) is 11.2. The molecule has 0 aliphatic carbocycles. The molecular formula is C10H8ClNO2. The van der Waals surface area contributed by atoms with E-state index >= 15 is 0 Å². The molecule has 3 nitrogen and oxygen atoms in total. The standard InChI is InChI=1S/C10H8ClNO2/c1-6-2-9(13)8(10(14)4-11)3-7(6)5-12/h2-3,13H,4H2,1H3. The molecule has 0 aromatic heterocycles. The molecule has 1 aromatic rings. The third kappa shape index (κ3) is 1.86. The molecule has 0 bridgehead atoms. The monoisotopic (exact) mass is 209 g/mol. The van der Waals surface area contributed by atoms with Crippen LogP contribution in [0.15, 0.2) is 12.1 Å². The van der Waals surface area contributed by atoms with Gasteiger partial charge in [0.2, 0.25) is 0 Å². The minimum Gasteiger partial charge on any atom is -0.507 e. The second kappa shape index (κ2) is 4.12. The largest absolute Gasteiger partial charge is 0.507 e. The number of phenols is 1. The highest BCUT2D eigenvalue weighted by Crippen LogP contribution is 2.22. The number of rotatable bonds is 2. The highest BCUT2D eigenvalue weighted by Gasteiger charge is 2.12. The number of alkyl halides is 1. The van der Waals surface area contributed by atoms with E-state index in [2.05, 4.69) is 0 Å². The zero-order valence-electron chi connectivity index (χ0n) is 7.54. The first-order chi connectivity index (χ1) is 6.60. The maximum atomic E-state index is 11.2. The van der Waals surface area contributed by atoms with Crippen LogP contribution in [0.4, 0.5) is 0 Å². The minimum atomic E-state index is -0.388. The van der Waals surface area contributed by atoms with E-state index in [1.165, 1.54) is 12.1 Å². The van der Waals surface area contributed by atoms with E-state index in [1.807, 2.05) is 6.07 Å². The van der Waals surface area contributed by atoms with Crippen LogP contribution in [0.25, 0.3) is 0 Å². The molecule has 1 aromatic carbocycles. The fraction of sp³-hybridized carbons (Fsp3) is 0.200. The van der Waals surface area contributed by atoms with Crippen molar-refractivity contribution in [2.75, 3.05) is 5.88 Å². The summed E-state index contributed by atoms with van der Waals surface area (Å²) in [6.07, 6.45) is 0. The predicted molar refractivity (Wildman–Crippen MR) is 52.6 cm³/mol. The van der Waals surface area contributed by atoms with E-state index in [9.17, 15) is 9.90 Å². The number of hydrogen-bond acceptors (Lipinski definition) is 3. The second-order valence-electron chi connectivity index (χ2n) is 2.85. The summed E-state index contributed by atoms with van der Waals surface area (Å²) < 4.78 is 0. The Morgan fingerprint density at radius 2 is 2.29 bits per heavy atom. The third-order valence-electron chi connectivity index (χ3n) is 1.88. The Bertz CT molecular complexity index is 421. The molecule has 72 valence electrons. The van der Waals surface area contributed by atoms with Crippen LogP contribution < -0.4 is 0 Å². The van der Waals surface area contributed by atoms with Crippen LogP contribution >= 0.6 is 11.6 Å². The van der Waals surface area contributed by atoms with Gasteiger partial charge in [0.1, 0.15) is 5.75 Å². The lowest BCUT2D eigenvalue weighted by Crippen LogP contribution is -2.02. The SMILES string of the molecule is Cc1cc(O)c(C(=O)CCl)cc1C#N. The van der Waals surface area contributed by atoms with Gasteiger partial charge in [-0.05, 0) is 24.6 Å². The Morgan fingerprint density at radius 1 is 1.64 bits per heavy atom. The molecule has 1 N–H and O–H groups in total. The summed E-state index contributed by atoms with van der Waals surface area (Å²) in [7, 11) is 0. The number of carbonyl (C=O) groups excluding carboxylic acids is 1. The predicted octanol–water partition coefficient (Wildman–Crippen LogP) is 1.99. The number of nitrogens with zero attached hydrogens (tertiary/aromatic N) is 1. The summed E-state index contributed by atoms with van der Waals surface area (Å²) in [6.45, 7) is 1.69. The topological polar surface area (TPSA) is 61.1 Å². The van der Waals surface area contributed by atoms with E-state index in [4.69, 9.17) is 16.9 Å².